The van der Waals surface area contributed by atoms with Crippen LogP contribution in [0.3, 0.4) is 0 Å². The van der Waals surface area contributed by atoms with Crippen LogP contribution < -0.4 is 0 Å². The molecule has 0 unspecified atom stereocenters. The van der Waals surface area contributed by atoms with Gasteiger partial charge in [-0.15, -0.1) is 0 Å². The van der Waals surface area contributed by atoms with E-state index in [0.29, 0.717) is 26.4 Å². The Morgan fingerprint density at radius 2 is 1.34 bits per heavy atom. The highest BCUT2D eigenvalue weighted by molar-refractivity contribution is 6.60. The summed E-state index contributed by atoms with van der Waals surface area (Å²) in [4.78, 5) is 12.2. The van der Waals surface area contributed by atoms with E-state index in [1.54, 1.807) is 6.08 Å². The molecule has 0 aliphatic heterocycles. The van der Waals surface area contributed by atoms with E-state index in [2.05, 4.69) is 31.2 Å². The van der Waals surface area contributed by atoms with Crippen LogP contribution in [-0.4, -0.2) is 41.2 Å². The average molecular weight is 589 g/mol. The van der Waals surface area contributed by atoms with Crippen LogP contribution >= 0.6 is 0 Å². The van der Waals surface area contributed by atoms with E-state index in [0.717, 1.165) is 49.1 Å². The fourth-order valence-electron chi connectivity index (χ4n) is 6.04. The quantitative estimate of drug-likeness (QED) is 0.0551. The van der Waals surface area contributed by atoms with Crippen LogP contribution in [0.15, 0.2) is 30.3 Å². The van der Waals surface area contributed by atoms with Gasteiger partial charge >= 0.3 is 14.8 Å². The summed E-state index contributed by atoms with van der Waals surface area (Å²) in [5, 5.41) is 0. The number of rotatable bonds is 23. The molecule has 1 aliphatic carbocycles. The summed E-state index contributed by atoms with van der Waals surface area (Å²) >= 11 is 0. The van der Waals surface area contributed by atoms with Gasteiger partial charge in [0.05, 0.1) is 6.61 Å². The van der Waals surface area contributed by atoms with Crippen LogP contribution in [-0.2, 0) is 29.2 Å². The first kappa shape index (κ1) is 35.7. The molecule has 41 heavy (non-hydrogen) atoms. The molecule has 0 heterocycles. The molecule has 0 amide bonds. The van der Waals surface area contributed by atoms with Crippen LogP contribution in [0.2, 0.25) is 6.04 Å². The van der Waals surface area contributed by atoms with Crippen molar-refractivity contribution in [3.05, 3.63) is 41.5 Å². The summed E-state index contributed by atoms with van der Waals surface area (Å²) in [5.74, 6) is 1.52. The lowest BCUT2D eigenvalue weighted by Gasteiger charge is -2.28. The molecule has 2 rings (SSSR count). The lowest BCUT2D eigenvalue weighted by molar-refractivity contribution is -0.137. The fraction of sp³-hybridized carbons (Fsp3) is 0.743. The smallest absolute Gasteiger partial charge is 0.463 e. The highest BCUT2D eigenvalue weighted by atomic mass is 28.4. The SMILES string of the molecule is CCCCCCCC1CCC(Cc2ccc(/C=C/C(=O)OCCCCCC[Si](OCC)(OCC)OCC)cc2)CC1. The first-order chi connectivity index (χ1) is 20.0. The number of hydrogen-bond acceptors (Lipinski definition) is 5. The van der Waals surface area contributed by atoms with Crippen LogP contribution in [0.5, 0.6) is 0 Å². The Kier molecular flexibility index (Phi) is 19.3. The number of carbonyl (C=O) groups is 1. The summed E-state index contributed by atoms with van der Waals surface area (Å²) < 4.78 is 23.2. The van der Waals surface area contributed by atoms with Gasteiger partial charge in [0.25, 0.3) is 0 Å². The Balaban J connectivity index is 1.58. The molecular formula is C35H60O5Si. The number of ether oxygens (including phenoxy) is 1. The standard InChI is InChI=1S/C35H60O5Si/c1-5-9-10-11-14-17-31-18-22-33(23-19-31)30-34-24-20-32(21-25-34)26-27-35(36)37-28-15-12-13-16-29-41(38-6-2,39-7-3)40-8-4/h20-21,24-27,31,33H,5-19,22-23,28-30H2,1-4H3/b27-26+. The lowest BCUT2D eigenvalue weighted by Crippen LogP contribution is -2.45. The van der Waals surface area contributed by atoms with Crippen molar-refractivity contribution in [1.82, 2.24) is 0 Å². The third-order valence-corrected chi connectivity index (χ3v) is 11.5. The molecule has 0 N–H and O–H groups in total. The van der Waals surface area contributed by atoms with Gasteiger partial charge in [0.1, 0.15) is 0 Å². The second kappa shape index (κ2) is 22.1. The molecule has 6 heteroatoms. The zero-order valence-electron chi connectivity index (χ0n) is 26.8. The molecule has 234 valence electrons. The third kappa shape index (κ3) is 15.5. The Hall–Kier alpha value is -1.47. The Bertz CT molecular complexity index is 799. The molecule has 1 aromatic rings. The van der Waals surface area contributed by atoms with Gasteiger partial charge in [-0.2, -0.15) is 0 Å². The van der Waals surface area contributed by atoms with Gasteiger partial charge in [-0.3, -0.25) is 0 Å². The van der Waals surface area contributed by atoms with Crippen molar-refractivity contribution in [2.75, 3.05) is 26.4 Å². The fourth-order valence-corrected chi connectivity index (χ4v) is 8.73. The van der Waals surface area contributed by atoms with Gasteiger partial charge in [-0.1, -0.05) is 95.4 Å². The maximum atomic E-state index is 12.2. The topological polar surface area (TPSA) is 54.0 Å². The molecule has 1 saturated carbocycles. The van der Waals surface area contributed by atoms with E-state index in [4.69, 9.17) is 18.0 Å². The second-order valence-electron chi connectivity index (χ2n) is 11.7. The Morgan fingerprint density at radius 1 is 0.756 bits per heavy atom. The number of esters is 1. The van der Waals surface area contributed by atoms with Crippen molar-refractivity contribution < 1.29 is 22.8 Å². The summed E-state index contributed by atoms with van der Waals surface area (Å²) in [6.45, 7) is 10.5. The lowest BCUT2D eigenvalue weighted by atomic mass is 9.77. The monoisotopic (exact) mass is 588 g/mol. The molecule has 0 spiro atoms. The molecule has 0 atom stereocenters. The molecule has 0 saturated heterocycles. The molecule has 0 radical (unpaired) electrons. The highest BCUT2D eigenvalue weighted by Crippen LogP contribution is 2.34. The number of unbranched alkanes of at least 4 members (excludes halogenated alkanes) is 7. The van der Waals surface area contributed by atoms with Crippen molar-refractivity contribution in [1.29, 1.82) is 0 Å². The second-order valence-corrected chi connectivity index (χ2v) is 14.4. The highest BCUT2D eigenvalue weighted by Gasteiger charge is 2.39. The van der Waals surface area contributed by atoms with E-state index in [-0.39, 0.29) is 5.97 Å². The Morgan fingerprint density at radius 3 is 1.98 bits per heavy atom. The molecule has 1 aromatic carbocycles. The maximum absolute atomic E-state index is 12.2. The van der Waals surface area contributed by atoms with Crippen LogP contribution in [0.25, 0.3) is 6.08 Å². The van der Waals surface area contributed by atoms with Gasteiger partial charge in [0.2, 0.25) is 0 Å². The minimum absolute atomic E-state index is 0.272. The van der Waals surface area contributed by atoms with Crippen molar-refractivity contribution in [2.45, 2.75) is 130 Å². The first-order valence-corrected chi connectivity index (χ1v) is 18.8. The zero-order chi connectivity index (χ0) is 29.6. The summed E-state index contributed by atoms with van der Waals surface area (Å²) in [6.07, 6.45) is 22.5. The van der Waals surface area contributed by atoms with Gasteiger partial charge in [0.15, 0.2) is 0 Å². The summed E-state index contributed by atoms with van der Waals surface area (Å²) in [6, 6.07) is 9.54. The average Bonchev–Trinajstić information content (AvgIpc) is 2.97. The van der Waals surface area contributed by atoms with Gasteiger partial charge in [0, 0.05) is 31.9 Å². The summed E-state index contributed by atoms with van der Waals surface area (Å²) in [5.41, 5.74) is 2.46. The predicted octanol–water partition coefficient (Wildman–Crippen LogP) is 9.56. The van der Waals surface area contributed by atoms with E-state index in [1.807, 2.05) is 26.8 Å². The van der Waals surface area contributed by atoms with Gasteiger partial charge in [-0.05, 0) is 81.9 Å². The Labute approximate surface area is 253 Å². The maximum Gasteiger partial charge on any atom is 0.500 e. The molecule has 5 nitrogen and oxygen atoms in total. The van der Waals surface area contributed by atoms with E-state index < -0.39 is 8.80 Å². The molecular weight excluding hydrogens is 528 g/mol. The minimum atomic E-state index is -2.54. The molecule has 0 aromatic heterocycles. The normalized spacial score (nSPS) is 17.8. The van der Waals surface area contributed by atoms with Gasteiger partial charge < -0.3 is 18.0 Å². The minimum Gasteiger partial charge on any atom is -0.463 e. The van der Waals surface area contributed by atoms with Crippen molar-refractivity contribution in [2.24, 2.45) is 11.8 Å². The first-order valence-electron chi connectivity index (χ1n) is 16.9. The predicted molar refractivity (Wildman–Crippen MR) is 173 cm³/mol. The molecule has 1 aliphatic rings. The van der Waals surface area contributed by atoms with Gasteiger partial charge in [-0.25, -0.2) is 4.79 Å². The molecule has 0 bridgehead atoms. The largest absolute Gasteiger partial charge is 0.500 e. The van der Waals surface area contributed by atoms with Crippen molar-refractivity contribution in [3.8, 4) is 0 Å². The van der Waals surface area contributed by atoms with E-state index in [9.17, 15) is 4.79 Å². The van der Waals surface area contributed by atoms with E-state index in [1.165, 1.54) is 76.2 Å². The van der Waals surface area contributed by atoms with Crippen molar-refractivity contribution in [3.63, 3.8) is 0 Å². The number of hydrogen-bond donors (Lipinski definition) is 0. The summed E-state index contributed by atoms with van der Waals surface area (Å²) in [7, 11) is -2.54. The molecule has 1 fully saturated rings. The zero-order valence-corrected chi connectivity index (χ0v) is 27.8. The number of benzene rings is 1. The van der Waals surface area contributed by atoms with E-state index >= 15 is 0 Å². The third-order valence-electron chi connectivity index (χ3n) is 8.31. The number of carbonyl (C=O) groups excluding carboxylic acids is 1. The van der Waals surface area contributed by atoms with Crippen LogP contribution in [0.1, 0.15) is 129 Å². The van der Waals surface area contributed by atoms with Crippen LogP contribution in [0, 0.1) is 11.8 Å². The van der Waals surface area contributed by atoms with Crippen LogP contribution in [0.4, 0.5) is 0 Å². The van der Waals surface area contributed by atoms with Crippen molar-refractivity contribution >= 4 is 20.8 Å².